The first kappa shape index (κ1) is 20.5. The summed E-state index contributed by atoms with van der Waals surface area (Å²) in [6, 6.07) is 16.9. The van der Waals surface area contributed by atoms with Crippen LogP contribution in [0.15, 0.2) is 63.8 Å². The van der Waals surface area contributed by atoms with Gasteiger partial charge in [-0.25, -0.2) is 0 Å². The molecule has 1 heterocycles. The second-order valence-corrected chi connectivity index (χ2v) is 8.27. The SMILES string of the molecule is Cc1ccc(-c2oc3c(C)cc(C)cc3c(=O)c2OCc2ccc(Cl)c(Cl)c2)cc1. The number of aryl methyl sites for hydroxylation is 3. The van der Waals surface area contributed by atoms with Crippen molar-refractivity contribution in [1.29, 1.82) is 0 Å². The van der Waals surface area contributed by atoms with Crippen LogP contribution in [-0.2, 0) is 6.61 Å². The Balaban J connectivity index is 1.87. The molecular formula is C25H20Cl2O3. The quantitative estimate of drug-likeness (QED) is 0.336. The van der Waals surface area contributed by atoms with Gasteiger partial charge in [0.2, 0.25) is 11.2 Å². The lowest BCUT2D eigenvalue weighted by atomic mass is 10.0. The Kier molecular flexibility index (Phi) is 5.59. The van der Waals surface area contributed by atoms with Gasteiger partial charge in [-0.2, -0.15) is 0 Å². The summed E-state index contributed by atoms with van der Waals surface area (Å²) in [7, 11) is 0. The predicted octanol–water partition coefficient (Wildman–Crippen LogP) is 7.27. The molecule has 152 valence electrons. The molecule has 3 aromatic carbocycles. The predicted molar refractivity (Wildman–Crippen MR) is 123 cm³/mol. The van der Waals surface area contributed by atoms with Gasteiger partial charge in [0, 0.05) is 5.56 Å². The van der Waals surface area contributed by atoms with Crippen LogP contribution in [-0.4, -0.2) is 0 Å². The van der Waals surface area contributed by atoms with E-state index in [1.807, 2.05) is 63.2 Å². The summed E-state index contributed by atoms with van der Waals surface area (Å²) >= 11 is 12.1. The first-order valence-corrected chi connectivity index (χ1v) is 10.3. The Morgan fingerprint density at radius 2 is 1.60 bits per heavy atom. The molecule has 0 N–H and O–H groups in total. The standard InChI is InChI=1S/C25H20Cl2O3/c1-14-4-7-18(8-5-14)24-25(29-13-17-6-9-20(26)21(27)12-17)22(28)19-11-15(2)10-16(3)23(19)30-24/h4-12H,13H2,1-3H3. The lowest BCUT2D eigenvalue weighted by Crippen LogP contribution is -2.11. The van der Waals surface area contributed by atoms with Gasteiger partial charge >= 0.3 is 0 Å². The molecule has 0 aliphatic carbocycles. The maximum absolute atomic E-state index is 13.4. The average molecular weight is 439 g/mol. The summed E-state index contributed by atoms with van der Waals surface area (Å²) in [6.07, 6.45) is 0. The van der Waals surface area contributed by atoms with Crippen LogP contribution in [0.5, 0.6) is 5.75 Å². The maximum Gasteiger partial charge on any atom is 0.235 e. The molecule has 0 fully saturated rings. The van der Waals surface area contributed by atoms with E-state index in [9.17, 15) is 4.79 Å². The van der Waals surface area contributed by atoms with Gasteiger partial charge in [0.25, 0.3) is 0 Å². The number of halogens is 2. The van der Waals surface area contributed by atoms with Crippen LogP contribution in [0.4, 0.5) is 0 Å². The number of fused-ring (bicyclic) bond motifs is 1. The highest BCUT2D eigenvalue weighted by Crippen LogP contribution is 2.33. The Morgan fingerprint density at radius 1 is 0.867 bits per heavy atom. The molecule has 0 radical (unpaired) electrons. The zero-order valence-corrected chi connectivity index (χ0v) is 18.4. The second-order valence-electron chi connectivity index (χ2n) is 7.45. The molecular weight excluding hydrogens is 419 g/mol. The van der Waals surface area contributed by atoms with Gasteiger partial charge in [0.15, 0.2) is 5.76 Å². The zero-order valence-electron chi connectivity index (χ0n) is 16.9. The Bertz CT molecular complexity index is 1310. The molecule has 1 aromatic heterocycles. The number of hydrogen-bond donors (Lipinski definition) is 0. The summed E-state index contributed by atoms with van der Waals surface area (Å²) in [5.74, 6) is 0.599. The first-order chi connectivity index (χ1) is 14.3. The van der Waals surface area contributed by atoms with Crippen molar-refractivity contribution in [2.75, 3.05) is 0 Å². The second kappa shape index (κ2) is 8.17. The van der Waals surface area contributed by atoms with Gasteiger partial charge in [-0.3, -0.25) is 4.79 Å². The van der Waals surface area contributed by atoms with Crippen molar-refractivity contribution in [2.24, 2.45) is 0 Å². The van der Waals surface area contributed by atoms with E-state index in [-0.39, 0.29) is 17.8 Å². The van der Waals surface area contributed by atoms with Gasteiger partial charge in [-0.15, -0.1) is 0 Å². The summed E-state index contributed by atoms with van der Waals surface area (Å²) < 4.78 is 12.3. The Labute approximate surface area is 184 Å². The third-order valence-electron chi connectivity index (χ3n) is 4.96. The minimum absolute atomic E-state index is 0.164. The lowest BCUT2D eigenvalue weighted by molar-refractivity contribution is 0.298. The fourth-order valence-corrected chi connectivity index (χ4v) is 3.76. The van der Waals surface area contributed by atoms with Crippen LogP contribution < -0.4 is 10.2 Å². The molecule has 5 heteroatoms. The highest BCUT2D eigenvalue weighted by Gasteiger charge is 2.19. The van der Waals surface area contributed by atoms with Gasteiger partial charge in [0.05, 0.1) is 15.4 Å². The molecule has 4 aromatic rings. The molecule has 0 bridgehead atoms. The van der Waals surface area contributed by atoms with Crippen molar-refractivity contribution in [3.05, 3.63) is 97.1 Å². The van der Waals surface area contributed by atoms with E-state index < -0.39 is 0 Å². The molecule has 0 unspecified atom stereocenters. The molecule has 0 aliphatic heterocycles. The van der Waals surface area contributed by atoms with Crippen LogP contribution in [0.2, 0.25) is 10.0 Å². The van der Waals surface area contributed by atoms with Crippen molar-refractivity contribution in [2.45, 2.75) is 27.4 Å². The minimum atomic E-state index is -0.196. The Hall–Kier alpha value is -2.75. The third kappa shape index (κ3) is 3.96. The fraction of sp³-hybridized carbons (Fsp3) is 0.160. The third-order valence-corrected chi connectivity index (χ3v) is 5.70. The summed E-state index contributed by atoms with van der Waals surface area (Å²) in [6.45, 7) is 6.06. The van der Waals surface area contributed by atoms with Gasteiger partial charge in [-0.05, 0) is 55.7 Å². The number of hydrogen-bond acceptors (Lipinski definition) is 3. The molecule has 0 saturated carbocycles. The Morgan fingerprint density at radius 3 is 2.30 bits per heavy atom. The van der Waals surface area contributed by atoms with E-state index in [1.165, 1.54) is 0 Å². The van der Waals surface area contributed by atoms with E-state index in [0.29, 0.717) is 26.8 Å². The van der Waals surface area contributed by atoms with E-state index in [1.54, 1.807) is 12.1 Å². The highest BCUT2D eigenvalue weighted by atomic mass is 35.5. The first-order valence-electron chi connectivity index (χ1n) is 9.55. The highest BCUT2D eigenvalue weighted by molar-refractivity contribution is 6.42. The van der Waals surface area contributed by atoms with Crippen molar-refractivity contribution < 1.29 is 9.15 Å². The molecule has 3 nitrogen and oxygen atoms in total. The van der Waals surface area contributed by atoms with E-state index in [2.05, 4.69) is 0 Å². The van der Waals surface area contributed by atoms with E-state index >= 15 is 0 Å². The average Bonchev–Trinajstić information content (AvgIpc) is 2.71. The molecule has 4 rings (SSSR count). The molecule has 0 spiro atoms. The molecule has 0 saturated heterocycles. The molecule has 0 amide bonds. The zero-order chi connectivity index (χ0) is 21.4. The number of rotatable bonds is 4. The van der Waals surface area contributed by atoms with E-state index in [0.717, 1.165) is 27.8 Å². The van der Waals surface area contributed by atoms with Crippen molar-refractivity contribution >= 4 is 34.2 Å². The van der Waals surface area contributed by atoms with Crippen molar-refractivity contribution in [1.82, 2.24) is 0 Å². The summed E-state index contributed by atoms with van der Waals surface area (Å²) in [5, 5.41) is 1.41. The topological polar surface area (TPSA) is 39.4 Å². The van der Waals surface area contributed by atoms with Crippen LogP contribution >= 0.6 is 23.2 Å². The molecule has 30 heavy (non-hydrogen) atoms. The molecule has 0 atom stereocenters. The van der Waals surface area contributed by atoms with Gasteiger partial charge in [-0.1, -0.05) is 65.2 Å². The van der Waals surface area contributed by atoms with Crippen LogP contribution in [0.3, 0.4) is 0 Å². The fourth-order valence-electron chi connectivity index (χ4n) is 3.44. The minimum Gasteiger partial charge on any atom is -0.481 e. The van der Waals surface area contributed by atoms with Crippen LogP contribution in [0.25, 0.3) is 22.3 Å². The van der Waals surface area contributed by atoms with Crippen molar-refractivity contribution in [3.63, 3.8) is 0 Å². The normalized spacial score (nSPS) is 11.1. The van der Waals surface area contributed by atoms with Crippen LogP contribution in [0, 0.1) is 20.8 Å². The molecule has 0 aliphatic rings. The summed E-state index contributed by atoms with van der Waals surface area (Å²) in [4.78, 5) is 13.4. The largest absolute Gasteiger partial charge is 0.481 e. The monoisotopic (exact) mass is 438 g/mol. The number of benzene rings is 3. The van der Waals surface area contributed by atoms with Crippen molar-refractivity contribution in [3.8, 4) is 17.1 Å². The maximum atomic E-state index is 13.4. The smallest absolute Gasteiger partial charge is 0.235 e. The summed E-state index contributed by atoms with van der Waals surface area (Å²) in [5.41, 5.74) is 4.98. The lowest BCUT2D eigenvalue weighted by Gasteiger charge is -2.13. The van der Waals surface area contributed by atoms with Gasteiger partial charge < -0.3 is 9.15 Å². The number of ether oxygens (including phenoxy) is 1. The van der Waals surface area contributed by atoms with Crippen LogP contribution in [0.1, 0.15) is 22.3 Å². The van der Waals surface area contributed by atoms with E-state index in [4.69, 9.17) is 32.4 Å². The van der Waals surface area contributed by atoms with Gasteiger partial charge in [0.1, 0.15) is 12.2 Å².